The number of hydrogen-bond acceptors (Lipinski definition) is 4. The molecule has 0 atom stereocenters. The maximum Gasteiger partial charge on any atom is 0.155 e. The third-order valence-electron chi connectivity index (χ3n) is 6.15. The molecule has 0 bridgehead atoms. The van der Waals surface area contributed by atoms with Crippen LogP contribution in [0.4, 0.5) is 0 Å². The zero-order valence-electron chi connectivity index (χ0n) is 23.0. The number of fused-ring (bicyclic) bond motifs is 1. The van der Waals surface area contributed by atoms with Crippen molar-refractivity contribution in [2.75, 3.05) is 0 Å². The molecule has 2 heterocycles. The topological polar surface area (TPSA) is 50.2 Å². The second kappa shape index (κ2) is 13.1. The number of benzene rings is 3. The molecular weight excluding hydrogens is 679 g/mol. The van der Waals surface area contributed by atoms with Gasteiger partial charge in [-0.3, -0.25) is 9.78 Å². The molecule has 3 nitrogen and oxygen atoms in total. The van der Waals surface area contributed by atoms with Gasteiger partial charge in [-0.05, 0) is 73.3 Å². The molecule has 0 amide bonds. The molecular formula is C34H32IrNO2S-. The SMILES string of the molecule is CC(=O)/C=C(/C)O.Cc1[c-]c(-c2ccc3sc(-c4ccc(-c5c(C)cccc5C)cc4)cc3n2)cc(C)c1.[Ir]. The van der Waals surface area contributed by atoms with E-state index in [0.29, 0.717) is 0 Å². The van der Waals surface area contributed by atoms with E-state index in [2.05, 4.69) is 107 Å². The van der Waals surface area contributed by atoms with Gasteiger partial charge in [0.1, 0.15) is 0 Å². The molecule has 0 aliphatic rings. The number of allylic oxidation sites excluding steroid dienone is 2. The first-order valence-electron chi connectivity index (χ1n) is 12.6. The summed E-state index contributed by atoms with van der Waals surface area (Å²) in [7, 11) is 0. The zero-order chi connectivity index (χ0) is 27.4. The number of aromatic nitrogens is 1. The van der Waals surface area contributed by atoms with Crippen molar-refractivity contribution in [1.29, 1.82) is 0 Å². The molecule has 5 aromatic rings. The summed E-state index contributed by atoms with van der Waals surface area (Å²) in [6, 6.07) is 29.6. The molecule has 201 valence electrons. The van der Waals surface area contributed by atoms with Crippen LogP contribution in [-0.4, -0.2) is 15.9 Å². The molecule has 5 rings (SSSR count). The molecule has 39 heavy (non-hydrogen) atoms. The van der Waals surface area contributed by atoms with Gasteiger partial charge in [-0.2, -0.15) is 0 Å². The Kier molecular flexibility index (Phi) is 10.2. The Morgan fingerprint density at radius 3 is 2.08 bits per heavy atom. The minimum absolute atomic E-state index is 0. The maximum atomic E-state index is 10.0. The molecule has 0 spiro atoms. The van der Waals surface area contributed by atoms with Crippen molar-refractivity contribution >= 4 is 27.3 Å². The number of carbonyl (C=O) groups is 1. The van der Waals surface area contributed by atoms with Crippen molar-refractivity contribution in [3.8, 4) is 32.8 Å². The van der Waals surface area contributed by atoms with Crippen LogP contribution in [0.2, 0.25) is 0 Å². The Morgan fingerprint density at radius 2 is 1.51 bits per heavy atom. The van der Waals surface area contributed by atoms with Crippen LogP contribution in [0.15, 0.2) is 84.6 Å². The van der Waals surface area contributed by atoms with Crippen molar-refractivity contribution in [2.24, 2.45) is 0 Å². The standard InChI is InChI=1S/C29H24NS.C5H8O2.Ir/c1-18-14-19(2)16-24(15-18)25-12-13-27-26(30-25)17-28(31-27)22-8-10-23(11-9-22)29-20(3)6-5-7-21(29)4;1-4(6)3-5(2)7;/h5-15,17H,1-4H3;3,6H,1-2H3;/q-1;;/b;4-3-;. The minimum atomic E-state index is -0.125. The summed E-state index contributed by atoms with van der Waals surface area (Å²) in [4.78, 5) is 16.2. The van der Waals surface area contributed by atoms with Crippen LogP contribution in [0.1, 0.15) is 36.1 Å². The monoisotopic (exact) mass is 711 g/mol. The van der Waals surface area contributed by atoms with Gasteiger partial charge >= 0.3 is 0 Å². The quantitative estimate of drug-likeness (QED) is 0.115. The van der Waals surface area contributed by atoms with Crippen molar-refractivity contribution in [3.63, 3.8) is 0 Å². The van der Waals surface area contributed by atoms with E-state index in [4.69, 9.17) is 10.1 Å². The second-order valence-electron chi connectivity index (χ2n) is 9.69. The van der Waals surface area contributed by atoms with Crippen molar-refractivity contribution in [1.82, 2.24) is 4.98 Å². The van der Waals surface area contributed by atoms with Crippen LogP contribution in [0.3, 0.4) is 0 Å². The van der Waals surface area contributed by atoms with Gasteiger partial charge in [0.2, 0.25) is 0 Å². The van der Waals surface area contributed by atoms with E-state index in [0.717, 1.165) is 22.3 Å². The van der Waals surface area contributed by atoms with Gasteiger partial charge in [-0.25, -0.2) is 0 Å². The molecule has 1 N–H and O–H groups in total. The molecule has 1 radical (unpaired) electrons. The van der Waals surface area contributed by atoms with Gasteiger partial charge < -0.3 is 5.11 Å². The maximum absolute atomic E-state index is 10.0. The number of pyridine rings is 1. The van der Waals surface area contributed by atoms with Gasteiger partial charge in [0.25, 0.3) is 0 Å². The van der Waals surface area contributed by atoms with Crippen LogP contribution in [0.25, 0.3) is 43.0 Å². The molecule has 5 heteroatoms. The molecule has 0 unspecified atom stereocenters. The number of thiophene rings is 1. The predicted molar refractivity (Wildman–Crippen MR) is 161 cm³/mol. The number of rotatable bonds is 4. The van der Waals surface area contributed by atoms with Gasteiger partial charge in [-0.1, -0.05) is 62.4 Å². The fourth-order valence-corrected chi connectivity index (χ4v) is 5.62. The fraction of sp³-hybridized carbons (Fsp3) is 0.176. The third kappa shape index (κ3) is 7.60. The van der Waals surface area contributed by atoms with Gasteiger partial charge in [-0.15, -0.1) is 46.2 Å². The summed E-state index contributed by atoms with van der Waals surface area (Å²) >= 11 is 1.80. The third-order valence-corrected chi connectivity index (χ3v) is 7.29. The first-order chi connectivity index (χ1) is 18.1. The summed E-state index contributed by atoms with van der Waals surface area (Å²) in [5, 5.41) is 8.36. The number of nitrogens with zero attached hydrogens (tertiary/aromatic N) is 1. The average molecular weight is 711 g/mol. The summed E-state index contributed by atoms with van der Waals surface area (Å²) in [5.74, 6) is -0.0625. The Morgan fingerprint density at radius 1 is 0.872 bits per heavy atom. The van der Waals surface area contributed by atoms with Gasteiger partial charge in [0, 0.05) is 31.1 Å². The number of aryl methyl sites for hydroxylation is 4. The van der Waals surface area contributed by atoms with E-state index < -0.39 is 0 Å². The summed E-state index contributed by atoms with van der Waals surface area (Å²) in [6.07, 6.45) is 1.17. The molecule has 0 aliphatic carbocycles. The molecule has 3 aromatic carbocycles. The summed E-state index contributed by atoms with van der Waals surface area (Å²) in [5.41, 5.74) is 11.9. The average Bonchev–Trinajstić information content (AvgIpc) is 3.27. The van der Waals surface area contributed by atoms with Crippen LogP contribution in [0, 0.1) is 33.8 Å². The minimum Gasteiger partial charge on any atom is -0.512 e. The van der Waals surface area contributed by atoms with Gasteiger partial charge in [0.05, 0.1) is 16.0 Å². The summed E-state index contributed by atoms with van der Waals surface area (Å²) in [6.45, 7) is 11.4. The number of ketones is 1. The van der Waals surface area contributed by atoms with E-state index in [1.54, 1.807) is 11.3 Å². The number of carbonyl (C=O) groups excluding carboxylic acids is 1. The number of hydrogen-bond donors (Lipinski definition) is 1. The molecule has 2 aromatic heterocycles. The molecule has 0 saturated heterocycles. The Balaban J connectivity index is 0.000000468. The Labute approximate surface area is 248 Å². The second-order valence-corrected chi connectivity index (χ2v) is 10.8. The largest absolute Gasteiger partial charge is 0.512 e. The van der Waals surface area contributed by atoms with E-state index in [-0.39, 0.29) is 31.6 Å². The summed E-state index contributed by atoms with van der Waals surface area (Å²) < 4.78 is 1.21. The Bertz CT molecular complexity index is 1600. The molecule has 0 aliphatic heterocycles. The van der Waals surface area contributed by atoms with Crippen LogP contribution < -0.4 is 0 Å². The van der Waals surface area contributed by atoms with Crippen LogP contribution in [-0.2, 0) is 24.9 Å². The fourth-order valence-electron chi connectivity index (χ4n) is 4.61. The smallest absolute Gasteiger partial charge is 0.155 e. The van der Waals surface area contributed by atoms with E-state index in [1.165, 1.54) is 62.9 Å². The van der Waals surface area contributed by atoms with Gasteiger partial charge in [0.15, 0.2) is 5.78 Å². The number of aliphatic hydroxyl groups is 1. The normalized spacial score (nSPS) is 11.0. The Hall–Kier alpha value is -3.37. The van der Waals surface area contributed by atoms with E-state index in [1.807, 2.05) is 0 Å². The van der Waals surface area contributed by atoms with E-state index in [9.17, 15) is 4.79 Å². The molecule has 0 saturated carbocycles. The first-order valence-corrected chi connectivity index (χ1v) is 13.4. The van der Waals surface area contributed by atoms with Crippen LogP contribution >= 0.6 is 11.3 Å². The van der Waals surface area contributed by atoms with E-state index >= 15 is 0 Å². The number of aliphatic hydroxyl groups excluding tert-OH is 1. The van der Waals surface area contributed by atoms with Crippen molar-refractivity contribution in [3.05, 3.63) is 113 Å². The van der Waals surface area contributed by atoms with Crippen molar-refractivity contribution in [2.45, 2.75) is 41.5 Å². The van der Waals surface area contributed by atoms with Crippen LogP contribution in [0.5, 0.6) is 0 Å². The van der Waals surface area contributed by atoms with Crippen molar-refractivity contribution < 1.29 is 30.0 Å². The predicted octanol–water partition coefficient (Wildman–Crippen LogP) is 9.37. The zero-order valence-corrected chi connectivity index (χ0v) is 26.3. The first kappa shape index (κ1) is 30.2. The molecule has 0 fully saturated rings.